The van der Waals surface area contributed by atoms with Crippen LogP contribution in [0.4, 0.5) is 4.79 Å². The van der Waals surface area contributed by atoms with E-state index in [1.165, 1.54) is 0 Å². The van der Waals surface area contributed by atoms with Crippen molar-refractivity contribution in [3.8, 4) is 0 Å². The number of hydrogen-bond donors (Lipinski definition) is 3. The lowest BCUT2D eigenvalue weighted by Crippen LogP contribution is -2.49. The fourth-order valence-electron chi connectivity index (χ4n) is 1.04. The lowest BCUT2D eigenvalue weighted by Gasteiger charge is -2.27. The molecule has 0 aromatic heterocycles. The van der Waals surface area contributed by atoms with Gasteiger partial charge in [0.2, 0.25) is 0 Å². The zero-order valence-corrected chi connectivity index (χ0v) is 9.82. The van der Waals surface area contributed by atoms with Gasteiger partial charge in [0.15, 0.2) is 0 Å². The summed E-state index contributed by atoms with van der Waals surface area (Å²) in [6.07, 6.45) is -0.448. The molecule has 0 fully saturated rings. The Kier molecular flexibility index (Phi) is 5.81. The molecule has 0 radical (unpaired) electrons. The summed E-state index contributed by atoms with van der Waals surface area (Å²) in [7, 11) is 0. The fourth-order valence-corrected chi connectivity index (χ4v) is 1.04. The molecule has 1 unspecified atom stereocenters. The zero-order valence-electron chi connectivity index (χ0n) is 9.82. The Morgan fingerprint density at radius 1 is 1.38 bits per heavy atom. The summed E-state index contributed by atoms with van der Waals surface area (Å²) in [6, 6.07) is -1.01. The van der Waals surface area contributed by atoms with Gasteiger partial charge in [0.05, 0.1) is 6.61 Å². The van der Waals surface area contributed by atoms with Gasteiger partial charge in [0, 0.05) is 13.0 Å². The first-order valence-electron chi connectivity index (χ1n) is 5.06. The van der Waals surface area contributed by atoms with Gasteiger partial charge >= 0.3 is 12.1 Å². The Morgan fingerprint density at radius 2 is 1.94 bits per heavy atom. The summed E-state index contributed by atoms with van der Waals surface area (Å²) in [5.74, 6) is -1.10. The van der Waals surface area contributed by atoms with E-state index in [0.29, 0.717) is 6.42 Å². The molecule has 0 aromatic rings. The maximum absolute atomic E-state index is 11.2. The molecule has 0 spiro atoms. The predicted octanol–water partition coefficient (Wildman–Crippen LogP) is 0.594. The molecule has 3 N–H and O–H groups in total. The summed E-state index contributed by atoms with van der Waals surface area (Å²) < 4.78 is 4.68. The van der Waals surface area contributed by atoms with E-state index in [-0.39, 0.29) is 13.2 Å². The SMILES string of the molecule is CC(C)(C)C(NC(=O)OCCCO)C(=O)O. The highest BCUT2D eigenvalue weighted by Crippen LogP contribution is 2.19. The largest absolute Gasteiger partial charge is 0.480 e. The van der Waals surface area contributed by atoms with Crippen LogP contribution >= 0.6 is 0 Å². The van der Waals surface area contributed by atoms with Crippen LogP contribution in [-0.4, -0.2) is 41.5 Å². The molecule has 6 nitrogen and oxygen atoms in total. The number of rotatable bonds is 5. The number of carboxylic acid groups (broad SMARTS) is 1. The summed E-state index contributed by atoms with van der Waals surface area (Å²) in [5, 5.41) is 19.7. The Bertz CT molecular complexity index is 246. The van der Waals surface area contributed by atoms with Crippen LogP contribution in [0.1, 0.15) is 27.2 Å². The quantitative estimate of drug-likeness (QED) is 0.604. The van der Waals surface area contributed by atoms with Crippen LogP contribution < -0.4 is 5.32 Å². The van der Waals surface area contributed by atoms with Crippen molar-refractivity contribution in [1.82, 2.24) is 5.32 Å². The highest BCUT2D eigenvalue weighted by atomic mass is 16.5. The van der Waals surface area contributed by atoms with Crippen molar-refractivity contribution in [3.05, 3.63) is 0 Å². The van der Waals surface area contributed by atoms with Crippen molar-refractivity contribution in [2.75, 3.05) is 13.2 Å². The number of nitrogens with one attached hydrogen (secondary N) is 1. The monoisotopic (exact) mass is 233 g/mol. The van der Waals surface area contributed by atoms with Gasteiger partial charge in [-0.2, -0.15) is 0 Å². The molecule has 1 amide bonds. The highest BCUT2D eigenvalue weighted by molar-refractivity contribution is 5.80. The highest BCUT2D eigenvalue weighted by Gasteiger charge is 2.32. The predicted molar refractivity (Wildman–Crippen MR) is 57.1 cm³/mol. The van der Waals surface area contributed by atoms with Crippen LogP contribution in [0.5, 0.6) is 0 Å². The average Bonchev–Trinajstić information content (AvgIpc) is 2.12. The molecule has 16 heavy (non-hydrogen) atoms. The number of carbonyl (C=O) groups excluding carboxylic acids is 1. The number of aliphatic hydroxyl groups excluding tert-OH is 1. The second kappa shape index (κ2) is 6.32. The van der Waals surface area contributed by atoms with Gasteiger partial charge in [-0.15, -0.1) is 0 Å². The third kappa shape index (κ3) is 5.55. The number of amides is 1. The topological polar surface area (TPSA) is 95.9 Å². The number of carbonyl (C=O) groups is 2. The minimum Gasteiger partial charge on any atom is -0.480 e. The van der Waals surface area contributed by atoms with Crippen LogP contribution in [-0.2, 0) is 9.53 Å². The van der Waals surface area contributed by atoms with Gasteiger partial charge in [0.1, 0.15) is 6.04 Å². The first kappa shape index (κ1) is 14.7. The molecule has 1 atom stereocenters. The molecular formula is C10H19NO5. The van der Waals surface area contributed by atoms with E-state index >= 15 is 0 Å². The average molecular weight is 233 g/mol. The smallest absolute Gasteiger partial charge is 0.407 e. The number of alkyl carbamates (subject to hydrolysis) is 1. The summed E-state index contributed by atoms with van der Waals surface area (Å²) in [5.41, 5.74) is -0.595. The van der Waals surface area contributed by atoms with E-state index in [1.54, 1.807) is 20.8 Å². The zero-order chi connectivity index (χ0) is 12.8. The van der Waals surface area contributed by atoms with Crippen molar-refractivity contribution >= 4 is 12.1 Å². The molecule has 0 aliphatic rings. The van der Waals surface area contributed by atoms with Gasteiger partial charge in [0.25, 0.3) is 0 Å². The Balaban J connectivity index is 4.21. The van der Waals surface area contributed by atoms with E-state index in [9.17, 15) is 9.59 Å². The molecule has 0 aliphatic carbocycles. The number of carboxylic acids is 1. The van der Waals surface area contributed by atoms with Crippen LogP contribution in [0.25, 0.3) is 0 Å². The summed E-state index contributed by atoms with van der Waals surface area (Å²) in [4.78, 5) is 22.1. The Morgan fingerprint density at radius 3 is 2.31 bits per heavy atom. The van der Waals surface area contributed by atoms with Crippen LogP contribution in [0, 0.1) is 5.41 Å². The van der Waals surface area contributed by atoms with E-state index in [1.807, 2.05) is 0 Å². The molecule has 0 saturated carbocycles. The normalized spacial score (nSPS) is 13.0. The van der Waals surface area contributed by atoms with E-state index in [0.717, 1.165) is 0 Å². The summed E-state index contributed by atoms with van der Waals surface area (Å²) >= 11 is 0. The van der Waals surface area contributed by atoms with E-state index in [2.05, 4.69) is 10.1 Å². The molecule has 0 saturated heterocycles. The molecule has 0 aliphatic heterocycles. The van der Waals surface area contributed by atoms with E-state index < -0.39 is 23.5 Å². The second-order valence-corrected chi connectivity index (χ2v) is 4.49. The summed E-state index contributed by atoms with van der Waals surface area (Å²) in [6.45, 7) is 5.12. The van der Waals surface area contributed by atoms with Gasteiger partial charge < -0.3 is 20.3 Å². The maximum Gasteiger partial charge on any atom is 0.407 e. The lowest BCUT2D eigenvalue weighted by atomic mass is 9.87. The van der Waals surface area contributed by atoms with Crippen molar-refractivity contribution in [1.29, 1.82) is 0 Å². The van der Waals surface area contributed by atoms with Crippen molar-refractivity contribution in [2.45, 2.75) is 33.2 Å². The third-order valence-corrected chi connectivity index (χ3v) is 1.91. The number of aliphatic carboxylic acids is 1. The number of aliphatic hydroxyl groups is 1. The lowest BCUT2D eigenvalue weighted by molar-refractivity contribution is -0.142. The fraction of sp³-hybridized carbons (Fsp3) is 0.800. The first-order valence-corrected chi connectivity index (χ1v) is 5.06. The molecule has 0 heterocycles. The van der Waals surface area contributed by atoms with Gasteiger partial charge in [-0.1, -0.05) is 20.8 Å². The maximum atomic E-state index is 11.2. The first-order chi connectivity index (χ1) is 7.29. The minimum absolute atomic E-state index is 0.0683. The molecule has 94 valence electrons. The molecule has 6 heteroatoms. The Labute approximate surface area is 94.6 Å². The van der Waals surface area contributed by atoms with E-state index in [4.69, 9.17) is 10.2 Å². The van der Waals surface area contributed by atoms with Crippen LogP contribution in [0.2, 0.25) is 0 Å². The minimum atomic E-state index is -1.10. The standard InChI is InChI=1S/C10H19NO5/c1-10(2,3)7(8(13)14)11-9(15)16-6-4-5-12/h7,12H,4-6H2,1-3H3,(H,11,15)(H,13,14). The molecular weight excluding hydrogens is 214 g/mol. The molecule has 0 bridgehead atoms. The van der Waals surface area contributed by atoms with Gasteiger partial charge in [-0.05, 0) is 5.41 Å². The van der Waals surface area contributed by atoms with Gasteiger partial charge in [-0.3, -0.25) is 0 Å². The Hall–Kier alpha value is -1.30. The third-order valence-electron chi connectivity index (χ3n) is 1.91. The second-order valence-electron chi connectivity index (χ2n) is 4.49. The van der Waals surface area contributed by atoms with Crippen molar-refractivity contribution in [2.24, 2.45) is 5.41 Å². The number of hydrogen-bond acceptors (Lipinski definition) is 4. The van der Waals surface area contributed by atoms with Crippen LogP contribution in [0.3, 0.4) is 0 Å². The van der Waals surface area contributed by atoms with Crippen LogP contribution in [0.15, 0.2) is 0 Å². The number of ether oxygens (including phenoxy) is 1. The molecule has 0 rings (SSSR count). The van der Waals surface area contributed by atoms with Crippen molar-refractivity contribution < 1.29 is 24.5 Å². The van der Waals surface area contributed by atoms with Crippen molar-refractivity contribution in [3.63, 3.8) is 0 Å². The van der Waals surface area contributed by atoms with Gasteiger partial charge in [-0.25, -0.2) is 9.59 Å². The molecule has 0 aromatic carbocycles.